The predicted octanol–water partition coefficient (Wildman–Crippen LogP) is 3.33. The molecule has 0 aliphatic carbocycles. The lowest BCUT2D eigenvalue weighted by Crippen LogP contribution is -2.25. The zero-order chi connectivity index (χ0) is 12.5. The van der Waals surface area contributed by atoms with E-state index >= 15 is 0 Å². The van der Waals surface area contributed by atoms with Crippen molar-refractivity contribution in [2.75, 3.05) is 19.8 Å². The van der Waals surface area contributed by atoms with Crippen LogP contribution < -0.4 is 5.32 Å². The molecule has 0 spiro atoms. The van der Waals surface area contributed by atoms with E-state index in [1.807, 2.05) is 0 Å². The SMILES string of the molecule is CCCOCC(NCC)c1cccc(CC)c1. The Balaban J connectivity index is 2.66. The molecule has 96 valence electrons. The van der Waals surface area contributed by atoms with Crippen LogP contribution in [0.3, 0.4) is 0 Å². The van der Waals surface area contributed by atoms with E-state index in [0.717, 1.165) is 32.6 Å². The van der Waals surface area contributed by atoms with Crippen LogP contribution in [0.1, 0.15) is 44.4 Å². The number of nitrogens with one attached hydrogen (secondary N) is 1. The average Bonchev–Trinajstić information content (AvgIpc) is 2.38. The number of rotatable bonds is 8. The standard InChI is InChI=1S/C15H25NO/c1-4-10-17-12-15(16-6-3)14-9-7-8-13(5-2)11-14/h7-9,11,15-16H,4-6,10,12H2,1-3H3. The Labute approximate surface area is 105 Å². The monoisotopic (exact) mass is 235 g/mol. The zero-order valence-electron chi connectivity index (χ0n) is 11.3. The van der Waals surface area contributed by atoms with Crippen LogP contribution in [-0.4, -0.2) is 19.8 Å². The zero-order valence-corrected chi connectivity index (χ0v) is 11.3. The van der Waals surface area contributed by atoms with Crippen molar-refractivity contribution in [3.63, 3.8) is 0 Å². The second kappa shape index (κ2) is 8.26. The molecule has 0 radical (unpaired) electrons. The lowest BCUT2D eigenvalue weighted by Gasteiger charge is -2.19. The summed E-state index contributed by atoms with van der Waals surface area (Å²) in [5, 5.41) is 3.48. The summed E-state index contributed by atoms with van der Waals surface area (Å²) >= 11 is 0. The van der Waals surface area contributed by atoms with Gasteiger partial charge in [-0.3, -0.25) is 0 Å². The Bertz CT molecular complexity index is 312. The number of likely N-dealkylation sites (N-methyl/N-ethyl adjacent to an activating group) is 1. The minimum Gasteiger partial charge on any atom is -0.379 e. The smallest absolute Gasteiger partial charge is 0.0661 e. The third-order valence-electron chi connectivity index (χ3n) is 2.85. The molecule has 0 aromatic heterocycles. The Morgan fingerprint density at radius 2 is 2.06 bits per heavy atom. The van der Waals surface area contributed by atoms with Gasteiger partial charge in [-0.05, 0) is 30.5 Å². The average molecular weight is 235 g/mol. The molecule has 1 N–H and O–H groups in total. The predicted molar refractivity (Wildman–Crippen MR) is 73.3 cm³/mol. The molecule has 0 aliphatic heterocycles. The third-order valence-corrected chi connectivity index (χ3v) is 2.85. The van der Waals surface area contributed by atoms with Crippen molar-refractivity contribution in [3.05, 3.63) is 35.4 Å². The van der Waals surface area contributed by atoms with Gasteiger partial charge in [0.1, 0.15) is 0 Å². The number of benzene rings is 1. The summed E-state index contributed by atoms with van der Waals surface area (Å²) in [4.78, 5) is 0. The summed E-state index contributed by atoms with van der Waals surface area (Å²) in [7, 11) is 0. The molecule has 0 bridgehead atoms. The molecule has 0 heterocycles. The fourth-order valence-electron chi connectivity index (χ4n) is 1.89. The maximum Gasteiger partial charge on any atom is 0.0661 e. The molecule has 2 heteroatoms. The highest BCUT2D eigenvalue weighted by molar-refractivity contribution is 5.26. The molecular weight excluding hydrogens is 210 g/mol. The third kappa shape index (κ3) is 4.88. The highest BCUT2D eigenvalue weighted by Crippen LogP contribution is 2.15. The minimum atomic E-state index is 0.318. The topological polar surface area (TPSA) is 21.3 Å². The fraction of sp³-hybridized carbons (Fsp3) is 0.600. The highest BCUT2D eigenvalue weighted by atomic mass is 16.5. The van der Waals surface area contributed by atoms with Crippen molar-refractivity contribution in [1.29, 1.82) is 0 Å². The molecule has 2 nitrogen and oxygen atoms in total. The summed E-state index contributed by atoms with van der Waals surface area (Å²) < 4.78 is 5.66. The van der Waals surface area contributed by atoms with Crippen LogP contribution in [0.25, 0.3) is 0 Å². The van der Waals surface area contributed by atoms with Crippen LogP contribution in [-0.2, 0) is 11.2 Å². The second-order valence-corrected chi connectivity index (χ2v) is 4.28. The van der Waals surface area contributed by atoms with E-state index in [9.17, 15) is 0 Å². The van der Waals surface area contributed by atoms with Gasteiger partial charge in [0, 0.05) is 6.61 Å². The lowest BCUT2D eigenvalue weighted by atomic mass is 10.0. The summed E-state index contributed by atoms with van der Waals surface area (Å²) in [6.45, 7) is 9.03. The van der Waals surface area contributed by atoms with Crippen LogP contribution in [0.5, 0.6) is 0 Å². The van der Waals surface area contributed by atoms with Gasteiger partial charge in [0.05, 0.1) is 12.6 Å². The van der Waals surface area contributed by atoms with Crippen molar-refractivity contribution in [3.8, 4) is 0 Å². The summed E-state index contributed by atoms with van der Waals surface area (Å²) in [5.74, 6) is 0. The molecule has 0 fully saturated rings. The Morgan fingerprint density at radius 1 is 1.24 bits per heavy atom. The van der Waals surface area contributed by atoms with Crippen molar-refractivity contribution in [1.82, 2.24) is 5.32 Å². The molecule has 1 atom stereocenters. The van der Waals surface area contributed by atoms with E-state index in [2.05, 4.69) is 50.4 Å². The van der Waals surface area contributed by atoms with Crippen molar-refractivity contribution < 1.29 is 4.74 Å². The van der Waals surface area contributed by atoms with Crippen LogP contribution in [0.4, 0.5) is 0 Å². The van der Waals surface area contributed by atoms with E-state index in [1.165, 1.54) is 11.1 Å². The molecule has 17 heavy (non-hydrogen) atoms. The van der Waals surface area contributed by atoms with E-state index < -0.39 is 0 Å². The van der Waals surface area contributed by atoms with Crippen molar-refractivity contribution in [2.24, 2.45) is 0 Å². The van der Waals surface area contributed by atoms with E-state index in [1.54, 1.807) is 0 Å². The first kappa shape index (κ1) is 14.2. The molecule has 1 aromatic rings. The molecule has 1 rings (SSSR count). The molecule has 1 aromatic carbocycles. The minimum absolute atomic E-state index is 0.318. The van der Waals surface area contributed by atoms with Crippen LogP contribution in [0, 0.1) is 0 Å². The first-order valence-corrected chi connectivity index (χ1v) is 6.71. The molecular formula is C15H25NO. The quantitative estimate of drug-likeness (QED) is 0.698. The number of hydrogen-bond donors (Lipinski definition) is 1. The fourth-order valence-corrected chi connectivity index (χ4v) is 1.89. The molecule has 0 amide bonds. The van der Waals surface area contributed by atoms with E-state index in [0.29, 0.717) is 6.04 Å². The first-order valence-electron chi connectivity index (χ1n) is 6.71. The lowest BCUT2D eigenvalue weighted by molar-refractivity contribution is 0.112. The van der Waals surface area contributed by atoms with Gasteiger partial charge >= 0.3 is 0 Å². The second-order valence-electron chi connectivity index (χ2n) is 4.28. The van der Waals surface area contributed by atoms with Gasteiger partial charge in [-0.25, -0.2) is 0 Å². The number of ether oxygens (including phenoxy) is 1. The van der Waals surface area contributed by atoms with Crippen molar-refractivity contribution >= 4 is 0 Å². The van der Waals surface area contributed by atoms with Gasteiger partial charge in [-0.15, -0.1) is 0 Å². The van der Waals surface area contributed by atoms with Gasteiger partial charge in [0.15, 0.2) is 0 Å². The summed E-state index contributed by atoms with van der Waals surface area (Å²) in [6.07, 6.45) is 2.16. The molecule has 0 aliphatic rings. The van der Waals surface area contributed by atoms with Gasteiger partial charge < -0.3 is 10.1 Å². The van der Waals surface area contributed by atoms with Gasteiger partial charge in [-0.1, -0.05) is 45.0 Å². The normalized spacial score (nSPS) is 12.6. The van der Waals surface area contributed by atoms with Gasteiger partial charge in [0.25, 0.3) is 0 Å². The maximum absolute atomic E-state index is 5.66. The van der Waals surface area contributed by atoms with Crippen LogP contribution in [0.15, 0.2) is 24.3 Å². The summed E-state index contributed by atoms with van der Waals surface area (Å²) in [5.41, 5.74) is 2.73. The Kier molecular flexibility index (Phi) is 6.90. The van der Waals surface area contributed by atoms with Gasteiger partial charge in [0.2, 0.25) is 0 Å². The van der Waals surface area contributed by atoms with Crippen LogP contribution in [0.2, 0.25) is 0 Å². The molecule has 0 saturated heterocycles. The number of hydrogen-bond acceptors (Lipinski definition) is 2. The largest absolute Gasteiger partial charge is 0.379 e. The Morgan fingerprint density at radius 3 is 2.71 bits per heavy atom. The van der Waals surface area contributed by atoms with Crippen LogP contribution >= 0.6 is 0 Å². The Hall–Kier alpha value is -0.860. The highest BCUT2D eigenvalue weighted by Gasteiger charge is 2.10. The molecule has 0 saturated carbocycles. The summed E-state index contributed by atoms with van der Waals surface area (Å²) in [6, 6.07) is 9.10. The van der Waals surface area contributed by atoms with Gasteiger partial charge in [-0.2, -0.15) is 0 Å². The maximum atomic E-state index is 5.66. The number of aryl methyl sites for hydroxylation is 1. The van der Waals surface area contributed by atoms with Crippen molar-refractivity contribution in [2.45, 2.75) is 39.7 Å². The molecule has 1 unspecified atom stereocenters. The first-order chi connectivity index (χ1) is 8.31. The van der Waals surface area contributed by atoms with E-state index in [-0.39, 0.29) is 0 Å². The van der Waals surface area contributed by atoms with E-state index in [4.69, 9.17) is 4.74 Å².